The molecular formula is C21H19N3O4S. The van der Waals surface area contributed by atoms with Crippen molar-refractivity contribution in [3.63, 3.8) is 0 Å². The van der Waals surface area contributed by atoms with Crippen LogP contribution in [0.3, 0.4) is 0 Å². The molecule has 3 rings (SSSR count). The molecule has 0 spiro atoms. The zero-order valence-electron chi connectivity index (χ0n) is 15.5. The van der Waals surface area contributed by atoms with E-state index in [1.165, 1.54) is 30.0 Å². The Labute approximate surface area is 172 Å². The van der Waals surface area contributed by atoms with E-state index < -0.39 is 4.92 Å². The summed E-state index contributed by atoms with van der Waals surface area (Å²) in [7, 11) is 0. The summed E-state index contributed by atoms with van der Waals surface area (Å²) in [6.45, 7) is 4.04. The topological polar surface area (TPSA) is 93.8 Å². The number of benzene rings is 2. The second-order valence-corrected chi connectivity index (χ2v) is 7.11. The largest absolute Gasteiger partial charge is 0.490 e. The van der Waals surface area contributed by atoms with Gasteiger partial charge in [-0.15, -0.1) is 0 Å². The average molecular weight is 409 g/mol. The van der Waals surface area contributed by atoms with E-state index in [1.54, 1.807) is 24.3 Å². The molecule has 0 bridgehead atoms. The Hall–Kier alpha value is -3.39. The van der Waals surface area contributed by atoms with Crippen LogP contribution in [0, 0.1) is 10.1 Å². The van der Waals surface area contributed by atoms with Gasteiger partial charge in [-0.1, -0.05) is 48.7 Å². The third-order valence-corrected chi connectivity index (χ3v) is 5.01. The number of nitrogens with zero attached hydrogens (tertiary/aromatic N) is 2. The number of amides is 1. The van der Waals surface area contributed by atoms with E-state index in [9.17, 15) is 14.9 Å². The maximum Gasteiger partial charge on any atom is 0.269 e. The molecule has 0 aromatic heterocycles. The molecule has 0 fully saturated rings. The van der Waals surface area contributed by atoms with Crippen molar-refractivity contribution in [2.75, 3.05) is 12.4 Å². The Balaban J connectivity index is 1.55. The Kier molecular flexibility index (Phi) is 6.80. The van der Waals surface area contributed by atoms with Crippen LogP contribution in [0.2, 0.25) is 0 Å². The predicted octanol–water partition coefficient (Wildman–Crippen LogP) is 4.13. The van der Waals surface area contributed by atoms with Gasteiger partial charge in [0, 0.05) is 24.0 Å². The summed E-state index contributed by atoms with van der Waals surface area (Å²) in [4.78, 5) is 26.9. The Morgan fingerprint density at radius 1 is 1.28 bits per heavy atom. The maximum absolute atomic E-state index is 12.1. The number of carbonyl (C=O) groups is 1. The van der Waals surface area contributed by atoms with Crippen molar-refractivity contribution < 1.29 is 14.5 Å². The molecule has 0 saturated heterocycles. The van der Waals surface area contributed by atoms with Crippen LogP contribution >= 0.6 is 11.8 Å². The molecule has 1 atom stereocenters. The van der Waals surface area contributed by atoms with E-state index in [4.69, 9.17) is 4.74 Å². The number of amidine groups is 1. The molecule has 148 valence electrons. The summed E-state index contributed by atoms with van der Waals surface area (Å²) in [5.41, 5.74) is 1.79. The third-order valence-electron chi connectivity index (χ3n) is 4.04. The van der Waals surface area contributed by atoms with E-state index in [0.717, 1.165) is 16.9 Å². The molecule has 1 unspecified atom stereocenters. The first-order valence-corrected chi connectivity index (χ1v) is 9.81. The van der Waals surface area contributed by atoms with Crippen molar-refractivity contribution in [2.45, 2.75) is 6.04 Å². The van der Waals surface area contributed by atoms with Crippen molar-refractivity contribution in [1.82, 2.24) is 5.32 Å². The minimum absolute atomic E-state index is 0.0438. The smallest absolute Gasteiger partial charge is 0.269 e. The Bertz CT molecular complexity index is 953. The van der Waals surface area contributed by atoms with Gasteiger partial charge >= 0.3 is 0 Å². The van der Waals surface area contributed by atoms with Crippen molar-refractivity contribution in [3.8, 4) is 5.75 Å². The van der Waals surface area contributed by atoms with E-state index >= 15 is 0 Å². The second kappa shape index (κ2) is 9.70. The molecule has 1 amide bonds. The van der Waals surface area contributed by atoms with Crippen LogP contribution in [0.1, 0.15) is 17.2 Å². The minimum Gasteiger partial charge on any atom is -0.490 e. The fraction of sp³-hybridized carbons (Fsp3) is 0.143. The summed E-state index contributed by atoms with van der Waals surface area (Å²) in [6, 6.07) is 13.5. The highest BCUT2D eigenvalue weighted by Crippen LogP contribution is 2.30. The molecule has 1 aliphatic rings. The summed E-state index contributed by atoms with van der Waals surface area (Å²) in [6.07, 6.45) is 4.83. The van der Waals surface area contributed by atoms with Gasteiger partial charge in [-0.2, -0.15) is 0 Å². The number of ether oxygens (including phenoxy) is 1. The van der Waals surface area contributed by atoms with E-state index in [-0.39, 0.29) is 17.6 Å². The number of hydrogen-bond acceptors (Lipinski definition) is 6. The molecule has 1 aliphatic heterocycles. The number of nitro benzene ring substituents is 1. The average Bonchev–Trinajstić information content (AvgIpc) is 3.20. The monoisotopic (exact) mass is 409 g/mol. The normalized spacial score (nSPS) is 15.7. The predicted molar refractivity (Wildman–Crippen MR) is 115 cm³/mol. The number of carbonyl (C=O) groups excluding carboxylic acids is 1. The maximum atomic E-state index is 12.1. The zero-order valence-corrected chi connectivity index (χ0v) is 16.3. The van der Waals surface area contributed by atoms with Gasteiger partial charge in [-0.3, -0.25) is 19.9 Å². The molecule has 8 heteroatoms. The molecular weight excluding hydrogens is 390 g/mol. The van der Waals surface area contributed by atoms with Gasteiger partial charge in [0.05, 0.1) is 11.0 Å². The van der Waals surface area contributed by atoms with Gasteiger partial charge in [0.2, 0.25) is 5.91 Å². The lowest BCUT2D eigenvalue weighted by atomic mass is 10.1. The molecule has 7 nitrogen and oxygen atoms in total. The van der Waals surface area contributed by atoms with Crippen molar-refractivity contribution in [3.05, 3.63) is 88.5 Å². The van der Waals surface area contributed by atoms with Gasteiger partial charge in [0.15, 0.2) is 5.17 Å². The number of nitro groups is 1. The Morgan fingerprint density at radius 2 is 2.00 bits per heavy atom. The number of hydrogen-bond donors (Lipinski definition) is 1. The quantitative estimate of drug-likeness (QED) is 0.321. The van der Waals surface area contributed by atoms with E-state index in [1.807, 2.05) is 24.3 Å². The fourth-order valence-corrected chi connectivity index (χ4v) is 3.54. The first-order valence-electron chi connectivity index (χ1n) is 8.83. The SMILES string of the molecule is C=CCOc1ccc(/C=C/C(=O)NC2=NC(c3ccc([N+](=O)[O-])cc3)CS2)cc1. The van der Waals surface area contributed by atoms with Crippen molar-refractivity contribution in [1.29, 1.82) is 0 Å². The molecule has 0 radical (unpaired) electrons. The van der Waals surface area contributed by atoms with Crippen molar-refractivity contribution >= 4 is 34.6 Å². The molecule has 2 aromatic carbocycles. The number of rotatable bonds is 7. The summed E-state index contributed by atoms with van der Waals surface area (Å²) >= 11 is 1.44. The zero-order chi connectivity index (χ0) is 20.6. The van der Waals surface area contributed by atoms with Gasteiger partial charge in [-0.25, -0.2) is 0 Å². The lowest BCUT2D eigenvalue weighted by Gasteiger charge is -2.04. The summed E-state index contributed by atoms with van der Waals surface area (Å²) in [5.74, 6) is 1.14. The highest BCUT2D eigenvalue weighted by atomic mass is 32.2. The van der Waals surface area contributed by atoms with Crippen LogP contribution in [0.4, 0.5) is 5.69 Å². The Morgan fingerprint density at radius 3 is 2.66 bits per heavy atom. The molecule has 0 aliphatic carbocycles. The van der Waals surface area contributed by atoms with Gasteiger partial charge in [-0.05, 0) is 29.3 Å². The third kappa shape index (κ3) is 5.79. The highest BCUT2D eigenvalue weighted by Gasteiger charge is 2.21. The van der Waals surface area contributed by atoms with Crippen LogP contribution in [0.15, 0.2) is 72.3 Å². The number of nitrogens with one attached hydrogen (secondary N) is 1. The van der Waals surface area contributed by atoms with Crippen LogP contribution in [-0.2, 0) is 4.79 Å². The standard InChI is InChI=1S/C21H19N3O4S/c1-2-13-28-18-10-3-15(4-11-18)5-12-20(25)23-21-22-19(14-29-21)16-6-8-17(9-7-16)24(26)27/h2-12,19H,1,13-14H2,(H,22,23,25)/b12-5+. The first-order chi connectivity index (χ1) is 14.0. The van der Waals surface area contributed by atoms with Gasteiger partial charge in [0.25, 0.3) is 5.69 Å². The van der Waals surface area contributed by atoms with E-state index in [0.29, 0.717) is 17.5 Å². The van der Waals surface area contributed by atoms with E-state index in [2.05, 4.69) is 16.9 Å². The number of non-ortho nitro benzene ring substituents is 1. The van der Waals surface area contributed by atoms with Crippen LogP contribution in [-0.4, -0.2) is 28.4 Å². The van der Waals surface area contributed by atoms with Gasteiger partial charge < -0.3 is 10.1 Å². The van der Waals surface area contributed by atoms with Crippen LogP contribution < -0.4 is 10.1 Å². The minimum atomic E-state index is -0.434. The molecule has 0 saturated carbocycles. The number of thioether (sulfide) groups is 1. The lowest BCUT2D eigenvalue weighted by Crippen LogP contribution is -2.25. The molecule has 29 heavy (non-hydrogen) atoms. The number of aliphatic imine (C=N–C) groups is 1. The molecule has 1 heterocycles. The fourth-order valence-electron chi connectivity index (χ4n) is 2.58. The first kappa shape index (κ1) is 20.3. The highest BCUT2D eigenvalue weighted by molar-refractivity contribution is 8.14. The van der Waals surface area contributed by atoms with Crippen LogP contribution in [0.25, 0.3) is 6.08 Å². The van der Waals surface area contributed by atoms with Crippen molar-refractivity contribution in [2.24, 2.45) is 4.99 Å². The van der Waals surface area contributed by atoms with Gasteiger partial charge in [0.1, 0.15) is 12.4 Å². The second-order valence-electron chi connectivity index (χ2n) is 6.10. The molecule has 2 aromatic rings. The summed E-state index contributed by atoms with van der Waals surface area (Å²) in [5, 5.41) is 14.0. The van der Waals surface area contributed by atoms with Crippen LogP contribution in [0.5, 0.6) is 5.75 Å². The lowest BCUT2D eigenvalue weighted by molar-refractivity contribution is -0.384. The summed E-state index contributed by atoms with van der Waals surface area (Å²) < 4.78 is 5.42. The molecule has 1 N–H and O–H groups in total.